The molecule has 0 spiro atoms. The predicted molar refractivity (Wildman–Crippen MR) is 138 cm³/mol. The molecule has 1 heterocycles. The first-order chi connectivity index (χ1) is 17.6. The van der Waals surface area contributed by atoms with Crippen molar-refractivity contribution in [1.29, 1.82) is 0 Å². The molecule has 1 aliphatic rings. The lowest BCUT2D eigenvalue weighted by Crippen LogP contribution is -2.66. The van der Waals surface area contributed by atoms with Crippen LogP contribution in [0.5, 0.6) is 0 Å². The SMILES string of the molecule is C.C.COCCOCCOC(=O)CCC(=O)NC1C(O)CC(OC=O)(OCCC(C)C)OC1C(O)C(O)CO. The van der Waals surface area contributed by atoms with Gasteiger partial charge in [0.2, 0.25) is 5.91 Å². The van der Waals surface area contributed by atoms with Crippen molar-refractivity contribution in [3.8, 4) is 0 Å². The third kappa shape index (κ3) is 14.3. The van der Waals surface area contributed by atoms with Gasteiger partial charge in [-0.05, 0) is 12.3 Å². The molecule has 1 amide bonds. The fraction of sp³-hybridized carbons (Fsp3) is 0.880. The van der Waals surface area contributed by atoms with E-state index in [4.69, 9.17) is 28.4 Å². The van der Waals surface area contributed by atoms with E-state index in [1.165, 1.54) is 7.11 Å². The number of carbonyl (C=O) groups is 3. The minimum absolute atomic E-state index is 0. The summed E-state index contributed by atoms with van der Waals surface area (Å²) in [6.45, 7) is 4.09. The summed E-state index contributed by atoms with van der Waals surface area (Å²) in [5.74, 6) is -3.18. The van der Waals surface area contributed by atoms with E-state index in [1.807, 2.05) is 13.8 Å². The van der Waals surface area contributed by atoms with Crippen molar-refractivity contribution >= 4 is 18.3 Å². The maximum absolute atomic E-state index is 12.5. The summed E-state index contributed by atoms with van der Waals surface area (Å²) in [7, 11) is 1.53. The van der Waals surface area contributed by atoms with E-state index < -0.39 is 61.3 Å². The van der Waals surface area contributed by atoms with Crippen molar-refractivity contribution in [3.05, 3.63) is 0 Å². The molecule has 0 saturated carbocycles. The first-order valence-corrected chi connectivity index (χ1v) is 12.2. The number of aliphatic hydroxyl groups is 4. The van der Waals surface area contributed by atoms with Gasteiger partial charge in [0.05, 0.1) is 58.0 Å². The topological polar surface area (TPSA) is 200 Å². The van der Waals surface area contributed by atoms with Crippen LogP contribution >= 0.6 is 0 Å². The Kier molecular flexibility index (Phi) is 21.0. The molecule has 1 saturated heterocycles. The number of hydrogen-bond acceptors (Lipinski definition) is 13. The second-order valence-electron chi connectivity index (χ2n) is 8.94. The van der Waals surface area contributed by atoms with Crippen LogP contribution in [0.15, 0.2) is 0 Å². The molecule has 5 N–H and O–H groups in total. The lowest BCUT2D eigenvalue weighted by atomic mass is 9.91. The van der Waals surface area contributed by atoms with E-state index in [0.717, 1.165) is 0 Å². The summed E-state index contributed by atoms with van der Waals surface area (Å²) in [6.07, 6.45) is -6.96. The highest BCUT2D eigenvalue weighted by Crippen LogP contribution is 2.34. The number of nitrogens with one attached hydrogen (secondary N) is 1. The molecule has 0 bridgehead atoms. The van der Waals surface area contributed by atoms with Gasteiger partial charge in [0.15, 0.2) is 0 Å². The van der Waals surface area contributed by atoms with E-state index in [0.29, 0.717) is 19.6 Å². The molecular weight excluding hydrogens is 522 g/mol. The van der Waals surface area contributed by atoms with Crippen molar-refractivity contribution < 1.29 is 63.2 Å². The van der Waals surface area contributed by atoms with Gasteiger partial charge < -0.3 is 54.2 Å². The van der Waals surface area contributed by atoms with Gasteiger partial charge in [-0.2, -0.15) is 0 Å². The molecule has 0 aromatic heterocycles. The molecule has 14 heteroatoms. The van der Waals surface area contributed by atoms with Crippen LogP contribution in [0.3, 0.4) is 0 Å². The first kappa shape index (κ1) is 39.2. The Morgan fingerprint density at radius 2 is 1.77 bits per heavy atom. The number of rotatable bonds is 19. The Morgan fingerprint density at radius 3 is 2.36 bits per heavy atom. The van der Waals surface area contributed by atoms with E-state index >= 15 is 0 Å². The van der Waals surface area contributed by atoms with Crippen LogP contribution in [0.25, 0.3) is 0 Å². The quantitative estimate of drug-likeness (QED) is 0.0575. The highest BCUT2D eigenvalue weighted by atomic mass is 16.9. The van der Waals surface area contributed by atoms with Crippen LogP contribution in [0.4, 0.5) is 0 Å². The molecule has 1 rings (SSSR count). The largest absolute Gasteiger partial charge is 0.463 e. The summed E-state index contributed by atoms with van der Waals surface area (Å²) in [5.41, 5.74) is 0. The molecule has 1 fully saturated rings. The molecule has 232 valence electrons. The van der Waals surface area contributed by atoms with Gasteiger partial charge in [0, 0.05) is 13.5 Å². The van der Waals surface area contributed by atoms with E-state index in [-0.39, 0.29) is 59.9 Å². The second kappa shape index (κ2) is 20.9. The highest BCUT2D eigenvalue weighted by Gasteiger charge is 2.53. The second-order valence-corrected chi connectivity index (χ2v) is 8.94. The normalized spacial score (nSPS) is 24.1. The van der Waals surface area contributed by atoms with Gasteiger partial charge in [0.1, 0.15) is 24.9 Å². The average Bonchev–Trinajstić information content (AvgIpc) is 2.85. The fourth-order valence-corrected chi connectivity index (χ4v) is 3.45. The number of aliphatic hydroxyl groups excluding tert-OH is 4. The Hall–Kier alpha value is -1.91. The molecular formula is C25H49NO13. The first-order valence-electron chi connectivity index (χ1n) is 12.2. The number of esters is 1. The van der Waals surface area contributed by atoms with Gasteiger partial charge in [-0.25, -0.2) is 0 Å². The molecule has 0 radical (unpaired) electrons. The summed E-state index contributed by atoms with van der Waals surface area (Å²) in [4.78, 5) is 35.5. The molecule has 6 unspecified atom stereocenters. The van der Waals surface area contributed by atoms with Gasteiger partial charge in [-0.1, -0.05) is 28.7 Å². The van der Waals surface area contributed by atoms with E-state index in [9.17, 15) is 34.8 Å². The third-order valence-electron chi connectivity index (χ3n) is 5.51. The minimum atomic E-state index is -2.09. The summed E-state index contributed by atoms with van der Waals surface area (Å²) in [6, 6.07) is -1.30. The summed E-state index contributed by atoms with van der Waals surface area (Å²) in [5, 5.41) is 43.1. The van der Waals surface area contributed by atoms with Crippen molar-refractivity contribution in [2.45, 2.75) is 90.8 Å². The maximum atomic E-state index is 12.5. The number of amides is 1. The highest BCUT2D eigenvalue weighted by molar-refractivity contribution is 5.81. The average molecular weight is 572 g/mol. The van der Waals surface area contributed by atoms with Crippen LogP contribution in [-0.2, 0) is 42.8 Å². The Balaban J connectivity index is 0. The predicted octanol–water partition coefficient (Wildman–Crippen LogP) is -0.517. The van der Waals surface area contributed by atoms with Crippen molar-refractivity contribution in [2.75, 3.05) is 46.8 Å². The zero-order valence-electron chi connectivity index (χ0n) is 21.6. The lowest BCUT2D eigenvalue weighted by Gasteiger charge is -2.46. The minimum Gasteiger partial charge on any atom is -0.463 e. The molecule has 0 aliphatic carbocycles. The Bertz CT molecular complexity index is 680. The smallest absolute Gasteiger partial charge is 0.332 e. The van der Waals surface area contributed by atoms with E-state index in [2.05, 4.69) is 5.32 Å². The molecule has 6 atom stereocenters. The van der Waals surface area contributed by atoms with E-state index in [1.54, 1.807) is 0 Å². The van der Waals surface area contributed by atoms with Gasteiger partial charge in [-0.3, -0.25) is 14.4 Å². The summed E-state index contributed by atoms with van der Waals surface area (Å²) < 4.78 is 31.2. The zero-order valence-corrected chi connectivity index (χ0v) is 21.6. The van der Waals surface area contributed by atoms with Gasteiger partial charge in [0.25, 0.3) is 6.47 Å². The molecule has 1 aliphatic heterocycles. The molecule has 14 nitrogen and oxygen atoms in total. The van der Waals surface area contributed by atoms with Crippen LogP contribution in [-0.4, -0.2) is 122 Å². The third-order valence-corrected chi connectivity index (χ3v) is 5.51. The molecule has 39 heavy (non-hydrogen) atoms. The van der Waals surface area contributed by atoms with Crippen LogP contribution in [0.2, 0.25) is 0 Å². The van der Waals surface area contributed by atoms with Crippen molar-refractivity contribution in [2.24, 2.45) is 5.92 Å². The zero-order chi connectivity index (χ0) is 27.8. The van der Waals surface area contributed by atoms with Gasteiger partial charge >= 0.3 is 11.9 Å². The monoisotopic (exact) mass is 571 g/mol. The number of ether oxygens (including phenoxy) is 6. The maximum Gasteiger partial charge on any atom is 0.332 e. The number of carbonyl (C=O) groups excluding carboxylic acids is 3. The van der Waals surface area contributed by atoms with Crippen molar-refractivity contribution in [3.63, 3.8) is 0 Å². The number of hydrogen-bond donors (Lipinski definition) is 5. The van der Waals surface area contributed by atoms with Gasteiger partial charge in [-0.15, -0.1) is 0 Å². The van der Waals surface area contributed by atoms with Crippen LogP contribution < -0.4 is 5.32 Å². The summed E-state index contributed by atoms with van der Waals surface area (Å²) >= 11 is 0. The van der Waals surface area contributed by atoms with Crippen molar-refractivity contribution in [1.82, 2.24) is 5.32 Å². The standard InChI is InChI=1S/C23H41NO13.2CH4/c1-15(2)6-7-35-23(36-14-26)12-16(27)20(22(37-23)21(31)17(28)13-25)24-18(29)4-5-19(30)34-11-10-33-9-8-32-3;;/h14-17,20-22,25,27-28,31H,4-13H2,1-3H3,(H,24,29);2*1H4. The lowest BCUT2D eigenvalue weighted by molar-refractivity contribution is -0.409. The van der Waals surface area contributed by atoms with Crippen LogP contribution in [0, 0.1) is 5.92 Å². The fourth-order valence-electron chi connectivity index (χ4n) is 3.45. The Labute approximate surface area is 230 Å². The van der Waals surface area contributed by atoms with Crippen LogP contribution in [0.1, 0.15) is 54.4 Å². The molecule has 0 aromatic rings. The Morgan fingerprint density at radius 1 is 1.10 bits per heavy atom. The number of methoxy groups -OCH3 is 1. The molecule has 0 aromatic carbocycles.